The maximum Gasteiger partial charge on any atom is 0.0985 e. The van der Waals surface area contributed by atoms with Gasteiger partial charge in [-0.1, -0.05) is 36.4 Å². The highest BCUT2D eigenvalue weighted by atomic mass is 14.8. The topological polar surface area (TPSA) is 51.8 Å². The van der Waals surface area contributed by atoms with Gasteiger partial charge in [-0.05, 0) is 23.8 Å². The van der Waals surface area contributed by atoms with Gasteiger partial charge in [-0.2, -0.15) is 0 Å². The minimum atomic E-state index is 0.710. The quantitative estimate of drug-likeness (QED) is 0.755. The minimum Gasteiger partial charge on any atom is -0.398 e. The van der Waals surface area contributed by atoms with Gasteiger partial charge in [0.15, 0.2) is 0 Å². The molecule has 0 aliphatic rings. The highest BCUT2D eigenvalue weighted by Crippen LogP contribution is 2.33. The fraction of sp³-hybridized carbons (Fsp3) is 0. The van der Waals surface area contributed by atoms with Gasteiger partial charge in [-0.15, -0.1) is 0 Å². The Morgan fingerprint density at radius 3 is 2.26 bits per heavy atom. The first kappa shape index (κ1) is 11.4. The molecule has 0 aliphatic heterocycles. The van der Waals surface area contributed by atoms with Crippen molar-refractivity contribution < 1.29 is 0 Å². The van der Waals surface area contributed by atoms with Gasteiger partial charge in [-0.25, -0.2) is 0 Å². The van der Waals surface area contributed by atoms with Gasteiger partial charge in [0.1, 0.15) is 0 Å². The summed E-state index contributed by atoms with van der Waals surface area (Å²) < 4.78 is 0. The monoisotopic (exact) mass is 247 g/mol. The van der Waals surface area contributed by atoms with Crippen molar-refractivity contribution in [2.24, 2.45) is 0 Å². The van der Waals surface area contributed by atoms with Gasteiger partial charge in [0.25, 0.3) is 0 Å². The van der Waals surface area contributed by atoms with Crippen molar-refractivity contribution in [3.05, 3.63) is 67.0 Å². The molecule has 0 atom stereocenters. The Hall–Kier alpha value is -2.68. The molecule has 1 aromatic carbocycles. The van der Waals surface area contributed by atoms with E-state index in [1.54, 1.807) is 12.4 Å². The SMILES string of the molecule is Nc1ccnc(-c2ccccn2)c1-c1ccccc1. The second-order valence-electron chi connectivity index (χ2n) is 4.20. The molecule has 3 nitrogen and oxygen atoms in total. The van der Waals surface area contributed by atoms with Crippen LogP contribution in [0.25, 0.3) is 22.5 Å². The number of anilines is 1. The number of aromatic nitrogens is 2. The van der Waals surface area contributed by atoms with E-state index < -0.39 is 0 Å². The second kappa shape index (κ2) is 4.90. The Labute approximate surface area is 111 Å². The molecule has 2 aromatic heterocycles. The van der Waals surface area contributed by atoms with Gasteiger partial charge in [0, 0.05) is 23.6 Å². The largest absolute Gasteiger partial charge is 0.398 e. The number of hydrogen-bond donors (Lipinski definition) is 1. The molecule has 0 spiro atoms. The zero-order valence-corrected chi connectivity index (χ0v) is 10.3. The normalized spacial score (nSPS) is 10.3. The van der Waals surface area contributed by atoms with Crippen LogP contribution in [0.3, 0.4) is 0 Å². The average molecular weight is 247 g/mol. The van der Waals surface area contributed by atoms with Gasteiger partial charge >= 0.3 is 0 Å². The van der Waals surface area contributed by atoms with E-state index in [0.29, 0.717) is 5.69 Å². The third-order valence-electron chi connectivity index (χ3n) is 2.95. The first-order valence-electron chi connectivity index (χ1n) is 6.07. The number of benzene rings is 1. The number of rotatable bonds is 2. The summed E-state index contributed by atoms with van der Waals surface area (Å²) in [6.07, 6.45) is 3.47. The molecule has 2 N–H and O–H groups in total. The Morgan fingerprint density at radius 1 is 0.737 bits per heavy atom. The summed E-state index contributed by atoms with van der Waals surface area (Å²) in [6.45, 7) is 0. The van der Waals surface area contributed by atoms with Crippen molar-refractivity contribution in [2.75, 3.05) is 5.73 Å². The number of nitrogens with two attached hydrogens (primary N) is 1. The maximum atomic E-state index is 6.12. The van der Waals surface area contributed by atoms with E-state index in [1.165, 1.54) is 0 Å². The van der Waals surface area contributed by atoms with Crippen molar-refractivity contribution in [2.45, 2.75) is 0 Å². The molecule has 2 heterocycles. The second-order valence-corrected chi connectivity index (χ2v) is 4.20. The molecule has 0 radical (unpaired) electrons. The summed E-state index contributed by atoms with van der Waals surface area (Å²) in [7, 11) is 0. The van der Waals surface area contributed by atoms with E-state index in [4.69, 9.17) is 5.73 Å². The summed E-state index contributed by atoms with van der Waals surface area (Å²) in [5, 5.41) is 0. The molecular weight excluding hydrogens is 234 g/mol. The lowest BCUT2D eigenvalue weighted by Gasteiger charge is -2.11. The van der Waals surface area contributed by atoms with E-state index in [9.17, 15) is 0 Å². The van der Waals surface area contributed by atoms with Crippen LogP contribution in [-0.2, 0) is 0 Å². The van der Waals surface area contributed by atoms with Gasteiger partial charge < -0.3 is 5.73 Å². The molecule has 3 rings (SSSR count). The average Bonchev–Trinajstić information content (AvgIpc) is 2.49. The van der Waals surface area contributed by atoms with Crippen molar-refractivity contribution >= 4 is 5.69 Å². The van der Waals surface area contributed by atoms with E-state index in [1.807, 2.05) is 54.6 Å². The fourth-order valence-electron chi connectivity index (χ4n) is 2.08. The number of nitrogens with zero attached hydrogens (tertiary/aromatic N) is 2. The number of pyridine rings is 2. The van der Waals surface area contributed by atoms with Gasteiger partial charge in [0.05, 0.1) is 11.4 Å². The lowest BCUT2D eigenvalue weighted by molar-refractivity contribution is 1.25. The van der Waals surface area contributed by atoms with Gasteiger partial charge in [0.2, 0.25) is 0 Å². The summed E-state index contributed by atoms with van der Waals surface area (Å²) in [4.78, 5) is 8.80. The molecular formula is C16H13N3. The van der Waals surface area contributed by atoms with E-state index >= 15 is 0 Å². The minimum absolute atomic E-state index is 0.710. The zero-order valence-electron chi connectivity index (χ0n) is 10.3. The predicted molar refractivity (Wildman–Crippen MR) is 77.3 cm³/mol. The van der Waals surface area contributed by atoms with E-state index in [-0.39, 0.29) is 0 Å². The van der Waals surface area contributed by atoms with Crippen molar-refractivity contribution in [3.63, 3.8) is 0 Å². The highest BCUT2D eigenvalue weighted by molar-refractivity contribution is 5.87. The molecule has 0 bridgehead atoms. The van der Waals surface area contributed by atoms with Crippen molar-refractivity contribution in [1.82, 2.24) is 9.97 Å². The Kier molecular flexibility index (Phi) is 2.94. The summed E-state index contributed by atoms with van der Waals surface area (Å²) in [5.41, 5.74) is 10.5. The van der Waals surface area contributed by atoms with Crippen LogP contribution in [0.15, 0.2) is 67.0 Å². The predicted octanol–water partition coefficient (Wildman–Crippen LogP) is 3.39. The van der Waals surface area contributed by atoms with Crippen LogP contribution in [0.5, 0.6) is 0 Å². The Morgan fingerprint density at radius 2 is 1.53 bits per heavy atom. The molecule has 3 heteroatoms. The molecule has 0 fully saturated rings. The standard InChI is InChI=1S/C16H13N3/c17-13-9-11-19-16(14-8-4-5-10-18-14)15(13)12-6-2-1-3-7-12/h1-11H,(H2,17,19). The van der Waals surface area contributed by atoms with Crippen LogP contribution in [0.1, 0.15) is 0 Å². The van der Waals surface area contributed by atoms with Crippen LogP contribution < -0.4 is 5.73 Å². The van der Waals surface area contributed by atoms with Crippen LogP contribution in [0, 0.1) is 0 Å². The molecule has 92 valence electrons. The van der Waals surface area contributed by atoms with Crippen LogP contribution in [0.4, 0.5) is 5.69 Å². The summed E-state index contributed by atoms with van der Waals surface area (Å²) in [6, 6.07) is 17.6. The molecule has 0 aliphatic carbocycles. The number of nitrogen functional groups attached to an aromatic ring is 1. The van der Waals surface area contributed by atoms with E-state index in [0.717, 1.165) is 22.5 Å². The van der Waals surface area contributed by atoms with Crippen molar-refractivity contribution in [3.8, 4) is 22.5 Å². The Bertz CT molecular complexity index is 679. The smallest absolute Gasteiger partial charge is 0.0985 e. The molecule has 19 heavy (non-hydrogen) atoms. The Balaban J connectivity index is 2.25. The first-order chi connectivity index (χ1) is 9.36. The molecule has 0 saturated carbocycles. The van der Waals surface area contributed by atoms with Gasteiger partial charge in [-0.3, -0.25) is 9.97 Å². The third-order valence-corrected chi connectivity index (χ3v) is 2.95. The lowest BCUT2D eigenvalue weighted by atomic mass is 10.0. The molecule has 3 aromatic rings. The fourth-order valence-corrected chi connectivity index (χ4v) is 2.08. The maximum absolute atomic E-state index is 6.12. The van der Waals surface area contributed by atoms with Crippen LogP contribution in [0.2, 0.25) is 0 Å². The van der Waals surface area contributed by atoms with Crippen molar-refractivity contribution in [1.29, 1.82) is 0 Å². The van der Waals surface area contributed by atoms with Crippen LogP contribution >= 0.6 is 0 Å². The molecule has 0 saturated heterocycles. The zero-order chi connectivity index (χ0) is 13.1. The summed E-state index contributed by atoms with van der Waals surface area (Å²) in [5.74, 6) is 0. The van der Waals surface area contributed by atoms with Crippen LogP contribution in [-0.4, -0.2) is 9.97 Å². The third kappa shape index (κ3) is 2.18. The molecule has 0 amide bonds. The number of hydrogen-bond acceptors (Lipinski definition) is 3. The highest BCUT2D eigenvalue weighted by Gasteiger charge is 2.12. The lowest BCUT2D eigenvalue weighted by Crippen LogP contribution is -1.96. The summed E-state index contributed by atoms with van der Waals surface area (Å²) >= 11 is 0. The van der Waals surface area contributed by atoms with E-state index in [2.05, 4.69) is 9.97 Å². The first-order valence-corrected chi connectivity index (χ1v) is 6.07. The molecule has 0 unspecified atom stereocenters.